The molecule has 0 radical (unpaired) electrons. The Morgan fingerprint density at radius 2 is 1.74 bits per heavy atom. The number of phenols is 1. The minimum absolute atomic E-state index is 0.335. The zero-order valence-corrected chi connectivity index (χ0v) is 14.0. The number of hydrogen-bond donors (Lipinski definition) is 1. The van der Waals surface area contributed by atoms with Crippen LogP contribution in [-0.4, -0.2) is 29.6 Å². The van der Waals surface area contributed by atoms with Crippen LogP contribution in [0.15, 0.2) is 60.2 Å². The average Bonchev–Trinajstić information content (AvgIpc) is 2.59. The molecule has 2 nitrogen and oxygen atoms in total. The Balaban J connectivity index is 1.94. The van der Waals surface area contributed by atoms with Crippen LogP contribution in [0.3, 0.4) is 0 Å². The van der Waals surface area contributed by atoms with Gasteiger partial charge in [0.2, 0.25) is 0 Å². The van der Waals surface area contributed by atoms with Crippen molar-refractivity contribution in [2.75, 3.05) is 13.6 Å². The van der Waals surface area contributed by atoms with Crippen molar-refractivity contribution in [2.45, 2.75) is 32.2 Å². The molecule has 0 aromatic heterocycles. The second-order valence-corrected chi connectivity index (χ2v) is 6.34. The predicted octanol–water partition coefficient (Wildman–Crippen LogP) is 4.50. The Bertz CT molecular complexity index is 673. The Hall–Kier alpha value is -2.06. The van der Waals surface area contributed by atoms with Gasteiger partial charge in [0, 0.05) is 12.6 Å². The molecule has 2 aromatic carbocycles. The lowest BCUT2D eigenvalue weighted by molar-refractivity contribution is 0.261. The normalized spacial score (nSPS) is 19.1. The highest BCUT2D eigenvalue weighted by Crippen LogP contribution is 2.34. The van der Waals surface area contributed by atoms with Crippen LogP contribution in [0.5, 0.6) is 5.75 Å². The zero-order valence-electron chi connectivity index (χ0n) is 14.0. The van der Waals surface area contributed by atoms with E-state index >= 15 is 0 Å². The van der Waals surface area contributed by atoms with E-state index in [1.165, 1.54) is 16.7 Å². The topological polar surface area (TPSA) is 23.5 Å². The van der Waals surface area contributed by atoms with Gasteiger partial charge >= 0.3 is 0 Å². The van der Waals surface area contributed by atoms with Crippen LogP contribution in [0.2, 0.25) is 0 Å². The van der Waals surface area contributed by atoms with Crippen molar-refractivity contribution in [3.05, 3.63) is 71.3 Å². The maximum Gasteiger partial charge on any atom is 0.115 e. The fourth-order valence-corrected chi connectivity index (χ4v) is 3.62. The Labute approximate surface area is 139 Å². The van der Waals surface area contributed by atoms with Gasteiger partial charge in [0.15, 0.2) is 0 Å². The zero-order chi connectivity index (χ0) is 16.2. The quantitative estimate of drug-likeness (QED) is 0.899. The predicted molar refractivity (Wildman–Crippen MR) is 96.5 cm³/mol. The third-order valence-corrected chi connectivity index (χ3v) is 4.90. The van der Waals surface area contributed by atoms with Gasteiger partial charge in [-0.25, -0.2) is 0 Å². The van der Waals surface area contributed by atoms with E-state index in [2.05, 4.69) is 49.2 Å². The van der Waals surface area contributed by atoms with E-state index in [0.29, 0.717) is 11.8 Å². The summed E-state index contributed by atoms with van der Waals surface area (Å²) >= 11 is 0. The van der Waals surface area contributed by atoms with Crippen LogP contribution in [0.4, 0.5) is 0 Å². The first-order valence-electron chi connectivity index (χ1n) is 8.44. The number of likely N-dealkylation sites (N-methyl/N-ethyl adjacent to an activating group) is 1. The molecule has 0 saturated carbocycles. The fraction of sp³-hybridized carbons (Fsp3) is 0.333. The molecule has 1 atom stereocenters. The van der Waals surface area contributed by atoms with Gasteiger partial charge in [-0.2, -0.15) is 0 Å². The van der Waals surface area contributed by atoms with Crippen molar-refractivity contribution in [3.63, 3.8) is 0 Å². The largest absolute Gasteiger partial charge is 0.508 e. The summed E-state index contributed by atoms with van der Waals surface area (Å²) in [5.41, 5.74) is 5.72. The van der Waals surface area contributed by atoms with E-state index in [1.807, 2.05) is 12.1 Å². The molecule has 1 aliphatic rings. The molecule has 2 heteroatoms. The summed E-state index contributed by atoms with van der Waals surface area (Å²) in [6.45, 7) is 3.36. The molecular formula is C21H25NO. The average molecular weight is 307 g/mol. The molecule has 0 spiro atoms. The van der Waals surface area contributed by atoms with E-state index in [0.717, 1.165) is 25.8 Å². The fourth-order valence-electron chi connectivity index (χ4n) is 3.62. The minimum atomic E-state index is 0.335. The van der Waals surface area contributed by atoms with Gasteiger partial charge < -0.3 is 5.11 Å². The molecule has 120 valence electrons. The minimum Gasteiger partial charge on any atom is -0.508 e. The third-order valence-electron chi connectivity index (χ3n) is 4.90. The molecule has 23 heavy (non-hydrogen) atoms. The van der Waals surface area contributed by atoms with Crippen LogP contribution in [0.1, 0.15) is 30.9 Å². The molecule has 0 fully saturated rings. The molecule has 3 rings (SSSR count). The lowest BCUT2D eigenvalue weighted by Gasteiger charge is -2.37. The molecule has 0 aliphatic carbocycles. The van der Waals surface area contributed by atoms with Crippen LogP contribution in [0, 0.1) is 0 Å². The number of hydrogen-bond acceptors (Lipinski definition) is 2. The monoisotopic (exact) mass is 307 g/mol. The lowest BCUT2D eigenvalue weighted by atomic mass is 9.84. The number of aromatic hydroxyl groups is 1. The van der Waals surface area contributed by atoms with Crippen LogP contribution < -0.4 is 0 Å². The van der Waals surface area contributed by atoms with E-state index < -0.39 is 0 Å². The second-order valence-electron chi connectivity index (χ2n) is 6.34. The maximum atomic E-state index is 9.48. The van der Waals surface area contributed by atoms with Crippen LogP contribution in [-0.2, 0) is 6.42 Å². The molecule has 0 saturated heterocycles. The van der Waals surface area contributed by atoms with E-state index in [-0.39, 0.29) is 0 Å². The van der Waals surface area contributed by atoms with Crippen LogP contribution in [0.25, 0.3) is 5.57 Å². The summed E-state index contributed by atoms with van der Waals surface area (Å²) in [4.78, 5) is 2.47. The lowest BCUT2D eigenvalue weighted by Crippen LogP contribution is -2.39. The van der Waals surface area contributed by atoms with Crippen molar-refractivity contribution in [3.8, 4) is 5.75 Å². The Morgan fingerprint density at radius 1 is 1.04 bits per heavy atom. The molecule has 1 aliphatic heterocycles. The van der Waals surface area contributed by atoms with Crippen molar-refractivity contribution >= 4 is 5.57 Å². The molecule has 0 amide bonds. The summed E-state index contributed by atoms with van der Waals surface area (Å²) in [6, 6.07) is 18.9. The van der Waals surface area contributed by atoms with Crippen molar-refractivity contribution in [1.82, 2.24) is 4.90 Å². The maximum absolute atomic E-state index is 9.48. The molecule has 2 aromatic rings. The van der Waals surface area contributed by atoms with Gasteiger partial charge in [0.1, 0.15) is 5.75 Å². The summed E-state index contributed by atoms with van der Waals surface area (Å²) < 4.78 is 0. The summed E-state index contributed by atoms with van der Waals surface area (Å²) in [6.07, 6.45) is 3.20. The number of nitrogens with zero attached hydrogens (tertiary/aromatic N) is 1. The SMILES string of the molecule is CCC1=C(c2ccccc2)CCN(C)C1Cc1ccc(O)cc1. The van der Waals surface area contributed by atoms with Gasteiger partial charge in [-0.05, 0) is 60.7 Å². The van der Waals surface area contributed by atoms with Crippen molar-refractivity contribution in [2.24, 2.45) is 0 Å². The molecule has 1 heterocycles. The molecule has 0 bridgehead atoms. The number of phenolic OH excluding ortho intramolecular Hbond substituents is 1. The van der Waals surface area contributed by atoms with Crippen LogP contribution >= 0.6 is 0 Å². The number of benzene rings is 2. The third kappa shape index (κ3) is 3.48. The van der Waals surface area contributed by atoms with Gasteiger partial charge in [0.05, 0.1) is 0 Å². The molecular weight excluding hydrogens is 282 g/mol. The summed E-state index contributed by atoms with van der Waals surface area (Å²) in [7, 11) is 2.22. The molecule has 1 N–H and O–H groups in total. The second kappa shape index (κ2) is 7.01. The molecule has 1 unspecified atom stereocenters. The highest BCUT2D eigenvalue weighted by atomic mass is 16.3. The highest BCUT2D eigenvalue weighted by molar-refractivity contribution is 5.70. The van der Waals surface area contributed by atoms with Crippen molar-refractivity contribution < 1.29 is 5.11 Å². The van der Waals surface area contributed by atoms with Gasteiger partial charge in [-0.15, -0.1) is 0 Å². The first kappa shape index (κ1) is 15.8. The first-order valence-corrected chi connectivity index (χ1v) is 8.44. The van der Waals surface area contributed by atoms with E-state index in [4.69, 9.17) is 0 Å². The Kier molecular flexibility index (Phi) is 4.82. The van der Waals surface area contributed by atoms with E-state index in [1.54, 1.807) is 17.7 Å². The first-order chi connectivity index (χ1) is 11.2. The van der Waals surface area contributed by atoms with E-state index in [9.17, 15) is 5.11 Å². The Morgan fingerprint density at radius 3 is 2.39 bits per heavy atom. The summed E-state index contributed by atoms with van der Waals surface area (Å²) in [5.74, 6) is 0.335. The smallest absolute Gasteiger partial charge is 0.115 e. The highest BCUT2D eigenvalue weighted by Gasteiger charge is 2.26. The van der Waals surface area contributed by atoms with Gasteiger partial charge in [-0.1, -0.05) is 49.4 Å². The summed E-state index contributed by atoms with van der Waals surface area (Å²) in [5, 5.41) is 9.48. The van der Waals surface area contributed by atoms with Gasteiger partial charge in [-0.3, -0.25) is 4.90 Å². The van der Waals surface area contributed by atoms with Gasteiger partial charge in [0.25, 0.3) is 0 Å². The standard InChI is InChI=1S/C21H25NO/c1-3-19-20(17-7-5-4-6-8-17)13-14-22(2)21(19)15-16-9-11-18(23)12-10-16/h4-12,21,23H,3,13-15H2,1-2H3. The van der Waals surface area contributed by atoms with Crippen molar-refractivity contribution in [1.29, 1.82) is 0 Å². The number of rotatable bonds is 4.